The van der Waals surface area contributed by atoms with Gasteiger partial charge in [0.25, 0.3) is 5.91 Å². The van der Waals surface area contributed by atoms with Gasteiger partial charge in [-0.2, -0.15) is 18.2 Å². The molecule has 1 saturated heterocycles. The van der Waals surface area contributed by atoms with Crippen LogP contribution in [0.5, 0.6) is 11.5 Å². The van der Waals surface area contributed by atoms with Gasteiger partial charge in [-0.25, -0.2) is 0 Å². The molecule has 0 spiro atoms. The largest absolute Gasteiger partial charge is 0.449 e. The van der Waals surface area contributed by atoms with Gasteiger partial charge in [0.2, 0.25) is 11.7 Å². The molecule has 0 aromatic heterocycles. The third kappa shape index (κ3) is 5.44. The number of hydrogen-bond acceptors (Lipinski definition) is 7. The summed E-state index contributed by atoms with van der Waals surface area (Å²) in [6, 6.07) is 6.65. The molecule has 1 N–H and O–H groups in total. The molecule has 0 radical (unpaired) electrons. The van der Waals surface area contributed by atoms with Crippen LogP contribution in [0.15, 0.2) is 45.8 Å². The van der Waals surface area contributed by atoms with Crippen molar-refractivity contribution in [2.45, 2.75) is 44.7 Å². The molecule has 220 valence electrons. The van der Waals surface area contributed by atoms with E-state index in [2.05, 4.69) is 21.4 Å². The molecule has 2 aromatic rings. The number of thioether (sulfide) groups is 1. The molecule has 8 nitrogen and oxygen atoms in total. The average Bonchev–Trinajstić information content (AvgIpc) is 3.16. The van der Waals surface area contributed by atoms with Gasteiger partial charge in [0.1, 0.15) is 5.75 Å². The normalized spacial score (nSPS) is 27.6. The zero-order valence-corrected chi connectivity index (χ0v) is 25.0. The number of thiocarbonyl (C=S) groups is 1. The summed E-state index contributed by atoms with van der Waals surface area (Å²) in [5.74, 6) is 0.889. The maximum atomic E-state index is 13.5. The van der Waals surface area contributed by atoms with Crippen molar-refractivity contribution in [2.24, 2.45) is 23.2 Å². The number of rotatable bonds is 6. The first kappa shape index (κ1) is 29.1. The zero-order valence-electron chi connectivity index (χ0n) is 21.8. The first-order valence-electron chi connectivity index (χ1n) is 13.2. The smallest absolute Gasteiger partial charge is 0.416 e. The Bertz CT molecular complexity index is 1530. The van der Waals surface area contributed by atoms with Gasteiger partial charge in [-0.1, -0.05) is 17.8 Å². The van der Waals surface area contributed by atoms with E-state index in [-0.39, 0.29) is 21.7 Å². The molecule has 1 aliphatic heterocycles. The minimum Gasteiger partial charge on any atom is -0.449 e. The average molecular weight is 683 g/mol. The molecule has 2 amide bonds. The molecule has 5 fully saturated rings. The van der Waals surface area contributed by atoms with Crippen molar-refractivity contribution in [2.75, 3.05) is 0 Å². The van der Waals surface area contributed by atoms with Crippen LogP contribution in [0.2, 0.25) is 0 Å². The van der Waals surface area contributed by atoms with Crippen LogP contribution in [-0.4, -0.2) is 26.1 Å². The molecule has 42 heavy (non-hydrogen) atoms. The van der Waals surface area contributed by atoms with E-state index in [0.717, 1.165) is 42.1 Å². The fourth-order valence-corrected chi connectivity index (χ4v) is 8.71. The van der Waals surface area contributed by atoms with Crippen LogP contribution >= 0.6 is 39.9 Å². The van der Waals surface area contributed by atoms with Crippen LogP contribution in [0.3, 0.4) is 0 Å². The van der Waals surface area contributed by atoms with E-state index in [1.54, 1.807) is 18.2 Å². The van der Waals surface area contributed by atoms with Crippen molar-refractivity contribution in [1.82, 2.24) is 10.4 Å². The van der Waals surface area contributed by atoms with E-state index in [0.29, 0.717) is 44.8 Å². The second kappa shape index (κ2) is 10.6. The molecule has 0 unspecified atom stereocenters. The molecule has 0 atom stereocenters. The van der Waals surface area contributed by atoms with Crippen molar-refractivity contribution in [3.05, 3.63) is 67.0 Å². The van der Waals surface area contributed by atoms with Gasteiger partial charge in [0, 0.05) is 6.07 Å². The van der Waals surface area contributed by atoms with Gasteiger partial charge in [-0.3, -0.25) is 25.1 Å². The Balaban J connectivity index is 1.16. The number of hydrogen-bond donors (Lipinski definition) is 1. The lowest BCUT2D eigenvalue weighted by atomic mass is 9.49. The molecule has 1 heterocycles. The molecule has 2 aromatic carbocycles. The third-order valence-corrected chi connectivity index (χ3v) is 10.4. The number of nitrogens with one attached hydrogen (secondary N) is 1. The highest BCUT2D eigenvalue weighted by Crippen LogP contribution is 2.60. The second-order valence-electron chi connectivity index (χ2n) is 11.4. The number of benzene rings is 2. The Morgan fingerprint density at radius 3 is 2.31 bits per heavy atom. The van der Waals surface area contributed by atoms with E-state index < -0.39 is 33.7 Å². The Labute approximate surface area is 256 Å². The van der Waals surface area contributed by atoms with Crippen molar-refractivity contribution in [3.8, 4) is 11.5 Å². The summed E-state index contributed by atoms with van der Waals surface area (Å²) >= 11 is 9.79. The minimum absolute atomic E-state index is 0.116. The van der Waals surface area contributed by atoms with E-state index in [9.17, 15) is 32.9 Å². The van der Waals surface area contributed by atoms with Crippen LogP contribution in [0.1, 0.15) is 49.7 Å². The number of nitro benzene ring substituents is 1. The highest BCUT2D eigenvalue weighted by atomic mass is 79.9. The number of ether oxygens (including phenoxy) is 1. The summed E-state index contributed by atoms with van der Waals surface area (Å²) in [7, 11) is 0. The van der Waals surface area contributed by atoms with E-state index in [1.807, 2.05) is 0 Å². The predicted octanol–water partition coefficient (Wildman–Crippen LogP) is 7.62. The fraction of sp³-hybridized carbons (Fsp3) is 0.393. The van der Waals surface area contributed by atoms with Crippen molar-refractivity contribution < 1.29 is 32.4 Å². The minimum atomic E-state index is -4.75. The van der Waals surface area contributed by atoms with Gasteiger partial charge < -0.3 is 4.74 Å². The first-order chi connectivity index (χ1) is 19.8. The van der Waals surface area contributed by atoms with Gasteiger partial charge in [0.05, 0.1) is 25.3 Å². The number of hydrazine groups is 1. The van der Waals surface area contributed by atoms with Gasteiger partial charge in [-0.15, -0.1) is 0 Å². The number of halogens is 4. The molecule has 14 heteroatoms. The number of nitrogens with zero attached hydrogens (tertiary/aromatic N) is 2. The van der Waals surface area contributed by atoms with Gasteiger partial charge >= 0.3 is 11.9 Å². The van der Waals surface area contributed by atoms with Crippen molar-refractivity contribution in [1.29, 1.82) is 0 Å². The van der Waals surface area contributed by atoms with E-state index in [1.165, 1.54) is 25.3 Å². The molecule has 4 aliphatic carbocycles. The van der Waals surface area contributed by atoms with Gasteiger partial charge in [0.15, 0.2) is 4.32 Å². The maximum Gasteiger partial charge on any atom is 0.416 e. The van der Waals surface area contributed by atoms with Crippen molar-refractivity contribution in [3.63, 3.8) is 0 Å². The summed E-state index contributed by atoms with van der Waals surface area (Å²) < 4.78 is 45.2. The van der Waals surface area contributed by atoms with Crippen LogP contribution in [0.25, 0.3) is 6.08 Å². The van der Waals surface area contributed by atoms with Crippen LogP contribution in [0, 0.1) is 33.3 Å². The summed E-state index contributed by atoms with van der Waals surface area (Å²) in [5.41, 5.74) is 0.936. The topological polar surface area (TPSA) is 102 Å². The van der Waals surface area contributed by atoms with Crippen LogP contribution < -0.4 is 10.2 Å². The van der Waals surface area contributed by atoms with E-state index in [4.69, 9.17) is 17.0 Å². The summed E-state index contributed by atoms with van der Waals surface area (Å²) in [6.45, 7) is 0. The first-order valence-corrected chi connectivity index (χ1v) is 15.3. The van der Waals surface area contributed by atoms with E-state index >= 15 is 0 Å². The number of carbonyl (C=O) groups excluding carboxylic acids is 2. The molecule has 5 aliphatic rings. The number of nitro groups is 1. The highest BCUT2D eigenvalue weighted by molar-refractivity contribution is 9.10. The SMILES string of the molecule is O=C1/C(=C\c2ccc(Oc3ccc(C(F)(F)F)cc3[N+](=O)[O-])c(Br)c2)SC(=S)N1NC(=O)C12CC3CC(CC(C3)C1)C2. The summed E-state index contributed by atoms with van der Waals surface area (Å²) in [6.07, 6.45) is 2.98. The zero-order chi connectivity index (χ0) is 30.0. The number of carbonyl (C=O) groups is 2. The molecule has 4 bridgehead atoms. The van der Waals surface area contributed by atoms with Crippen LogP contribution in [0.4, 0.5) is 18.9 Å². The van der Waals surface area contributed by atoms with Gasteiger partial charge in [-0.05, 0) is 120 Å². The molecule has 4 saturated carbocycles. The summed E-state index contributed by atoms with van der Waals surface area (Å²) in [5, 5.41) is 12.5. The summed E-state index contributed by atoms with van der Waals surface area (Å²) in [4.78, 5) is 37.4. The van der Waals surface area contributed by atoms with Crippen LogP contribution in [-0.2, 0) is 15.8 Å². The Hall–Kier alpha value is -2.97. The van der Waals surface area contributed by atoms with Crippen molar-refractivity contribution >= 4 is 67.8 Å². The Kier molecular flexibility index (Phi) is 7.37. The quantitative estimate of drug-likeness (QED) is 0.145. The standard InChI is InChI=1S/C28H23BrF3N3O5S2/c29-19-8-14(1-3-21(19)40-22-4-2-18(28(30,31)32)10-20(22)35(38)39)9-23-24(36)34(26(41)42-23)33-25(37)27-11-15-5-16(12-27)7-17(6-15)13-27/h1-4,8-10,15-17H,5-7,11-13H2,(H,33,37)/b23-9+. The Morgan fingerprint density at radius 2 is 1.74 bits per heavy atom. The lowest BCUT2D eigenvalue weighted by Crippen LogP contribution is -2.57. The molecule has 7 rings (SSSR count). The molecular weight excluding hydrogens is 659 g/mol. The second-order valence-corrected chi connectivity index (χ2v) is 13.9. The molecular formula is C28H23BrF3N3O5S2. The lowest BCUT2D eigenvalue weighted by molar-refractivity contribution is -0.385. The lowest BCUT2D eigenvalue weighted by Gasteiger charge is -2.55. The Morgan fingerprint density at radius 1 is 1.12 bits per heavy atom. The predicted molar refractivity (Wildman–Crippen MR) is 156 cm³/mol. The monoisotopic (exact) mass is 681 g/mol. The third-order valence-electron chi connectivity index (χ3n) is 8.48. The fourth-order valence-electron chi connectivity index (χ4n) is 7.06. The number of alkyl halides is 3. The highest BCUT2D eigenvalue weighted by Gasteiger charge is 2.55. The number of amides is 2. The maximum absolute atomic E-state index is 13.5.